The normalized spacial score (nSPS) is 19.7. The van der Waals surface area contributed by atoms with E-state index < -0.39 is 0 Å². The first kappa shape index (κ1) is 19.6. The molecule has 2 amide bonds. The summed E-state index contributed by atoms with van der Waals surface area (Å²) in [6.07, 6.45) is 5.15. The highest BCUT2D eigenvalue weighted by molar-refractivity contribution is 6.00. The van der Waals surface area contributed by atoms with Gasteiger partial charge >= 0.3 is 0 Å². The van der Waals surface area contributed by atoms with Gasteiger partial charge in [0.25, 0.3) is 5.91 Å². The Hall–Kier alpha value is -2.69. The largest absolute Gasteiger partial charge is 0.341 e. The molecule has 1 unspecified atom stereocenters. The Morgan fingerprint density at radius 1 is 1.10 bits per heavy atom. The molecule has 152 valence electrons. The predicted molar refractivity (Wildman–Crippen MR) is 111 cm³/mol. The SMILES string of the molecule is CN(CC1CC(=O)N(C2CCCC2)C1)C(=O)c1ccccc1-c1ccc(F)cc1. The topological polar surface area (TPSA) is 40.6 Å². The van der Waals surface area contributed by atoms with Gasteiger partial charge in [-0.3, -0.25) is 9.59 Å². The highest BCUT2D eigenvalue weighted by Crippen LogP contribution is 2.30. The molecule has 0 N–H and O–H groups in total. The molecule has 1 saturated heterocycles. The van der Waals surface area contributed by atoms with Crippen LogP contribution >= 0.6 is 0 Å². The Bertz CT molecular complexity index is 890. The van der Waals surface area contributed by atoms with Crippen molar-refractivity contribution in [1.29, 1.82) is 0 Å². The standard InChI is InChI=1S/C24H27FN2O2/c1-26(15-17-14-23(28)27(16-17)20-6-2-3-7-20)24(29)22-9-5-4-8-21(22)18-10-12-19(25)13-11-18/h4-5,8-13,17,20H,2-3,6-7,14-16H2,1H3. The van der Waals surface area contributed by atoms with Crippen LogP contribution < -0.4 is 0 Å². The molecule has 0 spiro atoms. The Morgan fingerprint density at radius 2 is 1.79 bits per heavy atom. The Kier molecular flexibility index (Phi) is 5.65. The van der Waals surface area contributed by atoms with Gasteiger partial charge in [-0.1, -0.05) is 43.2 Å². The summed E-state index contributed by atoms with van der Waals surface area (Å²) in [6.45, 7) is 1.31. The van der Waals surface area contributed by atoms with Crippen molar-refractivity contribution >= 4 is 11.8 Å². The first-order valence-corrected chi connectivity index (χ1v) is 10.4. The van der Waals surface area contributed by atoms with Crippen LogP contribution in [0.3, 0.4) is 0 Å². The number of nitrogens with zero attached hydrogens (tertiary/aromatic N) is 2. The molecule has 1 heterocycles. The lowest BCUT2D eigenvalue weighted by molar-refractivity contribution is -0.129. The zero-order valence-electron chi connectivity index (χ0n) is 16.8. The zero-order valence-corrected chi connectivity index (χ0v) is 16.8. The van der Waals surface area contributed by atoms with Crippen LogP contribution in [0, 0.1) is 11.7 Å². The third-order valence-corrected chi connectivity index (χ3v) is 6.20. The Labute approximate surface area is 171 Å². The highest BCUT2D eigenvalue weighted by atomic mass is 19.1. The van der Waals surface area contributed by atoms with Crippen molar-refractivity contribution in [3.63, 3.8) is 0 Å². The first-order chi connectivity index (χ1) is 14.0. The molecule has 0 aromatic heterocycles. The number of amides is 2. The molecule has 0 radical (unpaired) electrons. The van der Waals surface area contributed by atoms with E-state index in [0.717, 1.165) is 30.5 Å². The number of hydrogen-bond donors (Lipinski definition) is 0. The van der Waals surface area contributed by atoms with Crippen LogP contribution in [0.5, 0.6) is 0 Å². The van der Waals surface area contributed by atoms with Crippen molar-refractivity contribution in [2.45, 2.75) is 38.1 Å². The smallest absolute Gasteiger partial charge is 0.254 e. The molecule has 1 saturated carbocycles. The lowest BCUT2D eigenvalue weighted by atomic mass is 9.98. The number of carbonyl (C=O) groups excluding carboxylic acids is 2. The van der Waals surface area contributed by atoms with E-state index in [-0.39, 0.29) is 23.5 Å². The third kappa shape index (κ3) is 4.19. The van der Waals surface area contributed by atoms with Gasteiger partial charge in [0, 0.05) is 44.1 Å². The maximum absolute atomic E-state index is 13.3. The lowest BCUT2D eigenvalue weighted by Gasteiger charge is -2.25. The molecule has 1 aliphatic heterocycles. The number of halogens is 1. The summed E-state index contributed by atoms with van der Waals surface area (Å²) in [5, 5.41) is 0. The molecule has 4 nitrogen and oxygen atoms in total. The summed E-state index contributed by atoms with van der Waals surface area (Å²) in [4.78, 5) is 29.4. The number of hydrogen-bond acceptors (Lipinski definition) is 2. The van der Waals surface area contributed by atoms with Gasteiger partial charge in [-0.2, -0.15) is 0 Å². The third-order valence-electron chi connectivity index (χ3n) is 6.20. The van der Waals surface area contributed by atoms with Gasteiger partial charge in [-0.05, 0) is 42.2 Å². The zero-order chi connectivity index (χ0) is 20.4. The van der Waals surface area contributed by atoms with Gasteiger partial charge in [0.05, 0.1) is 0 Å². The minimum Gasteiger partial charge on any atom is -0.341 e. The van der Waals surface area contributed by atoms with Crippen LogP contribution in [0.1, 0.15) is 42.5 Å². The molecular formula is C24H27FN2O2. The van der Waals surface area contributed by atoms with Crippen molar-refractivity contribution in [2.75, 3.05) is 20.1 Å². The number of carbonyl (C=O) groups is 2. The quantitative estimate of drug-likeness (QED) is 0.756. The average molecular weight is 394 g/mol. The molecule has 5 heteroatoms. The molecule has 2 aliphatic rings. The van der Waals surface area contributed by atoms with Crippen LogP contribution in [-0.2, 0) is 4.79 Å². The summed E-state index contributed by atoms with van der Waals surface area (Å²) in [7, 11) is 1.80. The fraction of sp³-hybridized carbons (Fsp3) is 0.417. The molecule has 0 bridgehead atoms. The van der Waals surface area contributed by atoms with Crippen LogP contribution in [0.25, 0.3) is 11.1 Å². The lowest BCUT2D eigenvalue weighted by Crippen LogP contribution is -2.36. The number of rotatable bonds is 5. The van der Waals surface area contributed by atoms with E-state index in [2.05, 4.69) is 0 Å². The molecule has 4 rings (SSSR count). The first-order valence-electron chi connectivity index (χ1n) is 10.4. The van der Waals surface area contributed by atoms with Crippen LogP contribution in [0.4, 0.5) is 4.39 Å². The van der Waals surface area contributed by atoms with Crippen molar-refractivity contribution < 1.29 is 14.0 Å². The number of likely N-dealkylation sites (tertiary alicyclic amines) is 1. The summed E-state index contributed by atoms with van der Waals surface area (Å²) in [5.41, 5.74) is 2.20. The summed E-state index contributed by atoms with van der Waals surface area (Å²) in [6, 6.07) is 14.0. The van der Waals surface area contributed by atoms with E-state index in [9.17, 15) is 14.0 Å². The molecule has 2 aromatic carbocycles. The molecular weight excluding hydrogens is 367 g/mol. The minimum absolute atomic E-state index is 0.0725. The molecule has 1 aliphatic carbocycles. The van der Waals surface area contributed by atoms with Gasteiger partial charge < -0.3 is 9.80 Å². The minimum atomic E-state index is -0.299. The maximum Gasteiger partial charge on any atom is 0.254 e. The summed E-state index contributed by atoms with van der Waals surface area (Å²) < 4.78 is 13.3. The van der Waals surface area contributed by atoms with Crippen LogP contribution in [0.2, 0.25) is 0 Å². The van der Waals surface area contributed by atoms with Gasteiger partial charge in [-0.25, -0.2) is 4.39 Å². The highest BCUT2D eigenvalue weighted by Gasteiger charge is 2.36. The molecule has 1 atom stereocenters. The van der Waals surface area contributed by atoms with Gasteiger partial charge in [0.15, 0.2) is 0 Å². The van der Waals surface area contributed by atoms with E-state index in [1.54, 1.807) is 24.1 Å². The van der Waals surface area contributed by atoms with E-state index in [1.807, 2.05) is 29.2 Å². The maximum atomic E-state index is 13.3. The number of benzene rings is 2. The molecule has 2 fully saturated rings. The van der Waals surface area contributed by atoms with E-state index >= 15 is 0 Å². The second kappa shape index (κ2) is 8.36. The monoisotopic (exact) mass is 394 g/mol. The van der Waals surface area contributed by atoms with Gasteiger partial charge in [0.1, 0.15) is 5.82 Å². The van der Waals surface area contributed by atoms with Crippen LogP contribution in [0.15, 0.2) is 48.5 Å². The van der Waals surface area contributed by atoms with E-state index in [0.29, 0.717) is 24.6 Å². The Balaban J connectivity index is 1.46. The van der Waals surface area contributed by atoms with Crippen molar-refractivity contribution in [2.24, 2.45) is 5.92 Å². The van der Waals surface area contributed by atoms with Gasteiger partial charge in [-0.15, -0.1) is 0 Å². The average Bonchev–Trinajstić information content (AvgIpc) is 3.37. The Morgan fingerprint density at radius 3 is 2.52 bits per heavy atom. The second-order valence-corrected chi connectivity index (χ2v) is 8.29. The molecule has 2 aromatic rings. The summed E-state index contributed by atoms with van der Waals surface area (Å²) >= 11 is 0. The van der Waals surface area contributed by atoms with E-state index in [4.69, 9.17) is 0 Å². The fourth-order valence-corrected chi connectivity index (χ4v) is 4.73. The van der Waals surface area contributed by atoms with Gasteiger partial charge in [0.2, 0.25) is 5.91 Å². The van der Waals surface area contributed by atoms with Crippen LogP contribution in [-0.4, -0.2) is 47.8 Å². The van der Waals surface area contributed by atoms with E-state index in [1.165, 1.54) is 25.0 Å². The second-order valence-electron chi connectivity index (χ2n) is 8.29. The van der Waals surface area contributed by atoms with Crippen molar-refractivity contribution in [3.8, 4) is 11.1 Å². The fourth-order valence-electron chi connectivity index (χ4n) is 4.73. The molecule has 29 heavy (non-hydrogen) atoms. The van der Waals surface area contributed by atoms with Crippen molar-refractivity contribution in [1.82, 2.24) is 9.80 Å². The predicted octanol–water partition coefficient (Wildman–Crippen LogP) is 4.36. The summed E-state index contributed by atoms with van der Waals surface area (Å²) in [5.74, 6) is 0.0357. The van der Waals surface area contributed by atoms with Crippen molar-refractivity contribution in [3.05, 3.63) is 59.9 Å².